The summed E-state index contributed by atoms with van der Waals surface area (Å²) in [6, 6.07) is 1.44. The van der Waals surface area contributed by atoms with Gasteiger partial charge in [-0.1, -0.05) is 0 Å². The summed E-state index contributed by atoms with van der Waals surface area (Å²) in [6.07, 6.45) is 1.03. The second-order valence-corrected chi connectivity index (χ2v) is 5.27. The SMILES string of the molecule is CN1CCCN(C(C(=O)O)c2ccsc2)CC1. The van der Waals surface area contributed by atoms with Crippen molar-refractivity contribution in [2.75, 3.05) is 33.2 Å². The molecular formula is C12H18N2O2S. The van der Waals surface area contributed by atoms with E-state index in [-0.39, 0.29) is 0 Å². The monoisotopic (exact) mass is 254 g/mol. The Bertz CT molecular complexity index is 367. The van der Waals surface area contributed by atoms with Crippen LogP contribution in [0.4, 0.5) is 0 Å². The molecule has 2 heterocycles. The van der Waals surface area contributed by atoms with E-state index in [4.69, 9.17) is 0 Å². The zero-order chi connectivity index (χ0) is 12.3. The predicted octanol–water partition coefficient (Wildman–Crippen LogP) is 1.51. The fourth-order valence-corrected chi connectivity index (χ4v) is 2.94. The van der Waals surface area contributed by atoms with Crippen molar-refractivity contribution in [3.63, 3.8) is 0 Å². The average molecular weight is 254 g/mol. The van der Waals surface area contributed by atoms with Gasteiger partial charge in [-0.25, -0.2) is 0 Å². The molecule has 0 aromatic carbocycles. The van der Waals surface area contributed by atoms with Crippen molar-refractivity contribution < 1.29 is 9.90 Å². The Labute approximate surface area is 105 Å². The van der Waals surface area contributed by atoms with Gasteiger partial charge in [-0.15, -0.1) is 0 Å². The van der Waals surface area contributed by atoms with E-state index >= 15 is 0 Å². The molecule has 1 saturated heterocycles. The number of carbonyl (C=O) groups is 1. The topological polar surface area (TPSA) is 43.8 Å². The minimum atomic E-state index is -0.743. The maximum atomic E-state index is 11.4. The standard InChI is InChI=1S/C12H18N2O2S/c1-13-4-2-5-14(7-6-13)11(12(15)16)10-3-8-17-9-10/h3,8-9,11H,2,4-7H2,1H3,(H,15,16). The predicted molar refractivity (Wildman–Crippen MR) is 68.4 cm³/mol. The number of aliphatic carboxylic acids is 1. The lowest BCUT2D eigenvalue weighted by Gasteiger charge is -2.26. The van der Waals surface area contributed by atoms with Crippen LogP contribution in [0.2, 0.25) is 0 Å². The maximum absolute atomic E-state index is 11.4. The molecule has 1 aliphatic rings. The largest absolute Gasteiger partial charge is 0.480 e. The highest BCUT2D eigenvalue weighted by Gasteiger charge is 2.28. The lowest BCUT2D eigenvalue weighted by molar-refractivity contribution is -0.143. The molecule has 0 radical (unpaired) electrons. The fraction of sp³-hybridized carbons (Fsp3) is 0.583. The highest BCUT2D eigenvalue weighted by molar-refractivity contribution is 7.08. The minimum Gasteiger partial charge on any atom is -0.480 e. The summed E-state index contributed by atoms with van der Waals surface area (Å²) in [5.41, 5.74) is 0.909. The van der Waals surface area contributed by atoms with Crippen LogP contribution < -0.4 is 0 Å². The van der Waals surface area contributed by atoms with Crippen LogP contribution in [-0.4, -0.2) is 54.1 Å². The van der Waals surface area contributed by atoms with Crippen molar-refractivity contribution in [3.8, 4) is 0 Å². The Hall–Kier alpha value is -0.910. The van der Waals surface area contributed by atoms with Crippen LogP contribution in [-0.2, 0) is 4.79 Å². The molecule has 4 nitrogen and oxygen atoms in total. The first-order valence-corrected chi connectivity index (χ1v) is 6.80. The first kappa shape index (κ1) is 12.5. The molecule has 0 saturated carbocycles. The second-order valence-electron chi connectivity index (χ2n) is 4.49. The number of carboxylic acid groups (broad SMARTS) is 1. The third-order valence-electron chi connectivity index (χ3n) is 3.21. The molecule has 1 atom stereocenters. The summed E-state index contributed by atoms with van der Waals surface area (Å²) in [5.74, 6) is -0.743. The van der Waals surface area contributed by atoms with Gasteiger partial charge in [0.15, 0.2) is 0 Å². The van der Waals surface area contributed by atoms with Crippen LogP contribution in [0, 0.1) is 0 Å². The van der Waals surface area contributed by atoms with Gasteiger partial charge in [-0.05, 0) is 42.4 Å². The van der Waals surface area contributed by atoms with E-state index in [1.165, 1.54) is 0 Å². The normalized spacial score (nSPS) is 21.0. The van der Waals surface area contributed by atoms with Crippen molar-refractivity contribution in [1.29, 1.82) is 0 Å². The van der Waals surface area contributed by atoms with E-state index in [0.29, 0.717) is 0 Å². The molecule has 0 bridgehead atoms. The zero-order valence-corrected chi connectivity index (χ0v) is 10.8. The summed E-state index contributed by atoms with van der Waals surface area (Å²) in [4.78, 5) is 15.8. The molecule has 1 N–H and O–H groups in total. The second kappa shape index (κ2) is 5.62. The Balaban J connectivity index is 2.13. The number of rotatable bonds is 3. The number of thiophene rings is 1. The molecule has 1 fully saturated rings. The van der Waals surface area contributed by atoms with Gasteiger partial charge in [0.05, 0.1) is 0 Å². The van der Waals surface area contributed by atoms with Crippen molar-refractivity contribution in [1.82, 2.24) is 9.80 Å². The molecular weight excluding hydrogens is 236 g/mol. The highest BCUT2D eigenvalue weighted by Crippen LogP contribution is 2.24. The summed E-state index contributed by atoms with van der Waals surface area (Å²) in [5, 5.41) is 13.3. The van der Waals surface area contributed by atoms with E-state index in [1.54, 1.807) is 11.3 Å². The molecule has 1 aliphatic heterocycles. The number of hydrogen-bond donors (Lipinski definition) is 1. The minimum absolute atomic E-state index is 0.479. The first-order chi connectivity index (χ1) is 8.18. The van der Waals surface area contributed by atoms with Crippen molar-refractivity contribution in [3.05, 3.63) is 22.4 Å². The van der Waals surface area contributed by atoms with Gasteiger partial charge in [-0.3, -0.25) is 9.69 Å². The van der Waals surface area contributed by atoms with Gasteiger partial charge < -0.3 is 10.0 Å². The van der Waals surface area contributed by atoms with Gasteiger partial charge in [0.2, 0.25) is 0 Å². The van der Waals surface area contributed by atoms with Crippen molar-refractivity contribution >= 4 is 17.3 Å². The number of hydrogen-bond acceptors (Lipinski definition) is 4. The van der Waals surface area contributed by atoms with Crippen LogP contribution in [0.5, 0.6) is 0 Å². The van der Waals surface area contributed by atoms with Crippen LogP contribution in [0.3, 0.4) is 0 Å². The summed E-state index contributed by atoms with van der Waals surface area (Å²) in [7, 11) is 2.09. The Kier molecular flexibility index (Phi) is 4.15. The summed E-state index contributed by atoms with van der Waals surface area (Å²) in [6.45, 7) is 3.67. The van der Waals surface area contributed by atoms with Gasteiger partial charge in [0.25, 0.3) is 0 Å². The van der Waals surface area contributed by atoms with Gasteiger partial charge >= 0.3 is 5.97 Å². The van der Waals surface area contributed by atoms with E-state index in [0.717, 1.165) is 38.2 Å². The van der Waals surface area contributed by atoms with E-state index in [1.807, 2.05) is 16.8 Å². The molecule has 2 rings (SSSR count). The number of carboxylic acids is 1. The molecule has 0 aliphatic carbocycles. The Morgan fingerprint density at radius 1 is 1.41 bits per heavy atom. The molecule has 1 unspecified atom stereocenters. The quantitative estimate of drug-likeness (QED) is 0.888. The smallest absolute Gasteiger partial charge is 0.325 e. The Morgan fingerprint density at radius 3 is 2.88 bits per heavy atom. The van der Waals surface area contributed by atoms with Crippen LogP contribution in [0.1, 0.15) is 18.0 Å². The number of nitrogens with zero attached hydrogens (tertiary/aromatic N) is 2. The third kappa shape index (κ3) is 3.06. The highest BCUT2D eigenvalue weighted by atomic mass is 32.1. The average Bonchev–Trinajstić information content (AvgIpc) is 2.70. The van der Waals surface area contributed by atoms with Crippen LogP contribution in [0.15, 0.2) is 16.8 Å². The fourth-order valence-electron chi connectivity index (χ4n) is 2.26. The first-order valence-electron chi connectivity index (χ1n) is 5.86. The van der Waals surface area contributed by atoms with Crippen molar-refractivity contribution in [2.45, 2.75) is 12.5 Å². The Morgan fingerprint density at radius 2 is 2.24 bits per heavy atom. The summed E-state index contributed by atoms with van der Waals surface area (Å²) < 4.78 is 0. The van der Waals surface area contributed by atoms with E-state index in [9.17, 15) is 9.90 Å². The molecule has 1 aromatic heterocycles. The van der Waals surface area contributed by atoms with Crippen LogP contribution >= 0.6 is 11.3 Å². The lowest BCUT2D eigenvalue weighted by atomic mass is 10.1. The summed E-state index contributed by atoms with van der Waals surface area (Å²) >= 11 is 1.55. The third-order valence-corrected chi connectivity index (χ3v) is 3.91. The number of likely N-dealkylation sites (N-methyl/N-ethyl adjacent to an activating group) is 1. The molecule has 94 valence electrons. The van der Waals surface area contributed by atoms with Crippen LogP contribution in [0.25, 0.3) is 0 Å². The van der Waals surface area contributed by atoms with Gasteiger partial charge in [0.1, 0.15) is 6.04 Å². The van der Waals surface area contributed by atoms with Gasteiger partial charge in [0, 0.05) is 19.6 Å². The van der Waals surface area contributed by atoms with E-state index in [2.05, 4.69) is 16.8 Å². The van der Waals surface area contributed by atoms with E-state index < -0.39 is 12.0 Å². The molecule has 0 spiro atoms. The molecule has 5 heteroatoms. The zero-order valence-electron chi connectivity index (χ0n) is 10.0. The lowest BCUT2D eigenvalue weighted by Crippen LogP contribution is -2.36. The van der Waals surface area contributed by atoms with Gasteiger partial charge in [-0.2, -0.15) is 11.3 Å². The molecule has 17 heavy (non-hydrogen) atoms. The molecule has 1 aromatic rings. The maximum Gasteiger partial charge on any atom is 0.325 e. The molecule has 0 amide bonds. The van der Waals surface area contributed by atoms with Crippen molar-refractivity contribution in [2.24, 2.45) is 0 Å².